The second-order valence-corrected chi connectivity index (χ2v) is 23.3. The second-order valence-electron chi connectivity index (χ2n) is 23.3. The molecule has 1 unspecified atom stereocenters. The van der Waals surface area contributed by atoms with Crippen molar-refractivity contribution >= 4 is 28.7 Å². The number of allylic oxidation sites excluding steroid dienone is 3. The van der Waals surface area contributed by atoms with Gasteiger partial charge in [-0.2, -0.15) is 0 Å². The number of aliphatic hydroxyl groups is 10. The number of aromatic amines is 1. The molecule has 17 N–H and O–H groups in total. The minimum atomic E-state index is -4.11. The Morgan fingerprint density at radius 1 is 0.872 bits per heavy atom. The van der Waals surface area contributed by atoms with Crippen molar-refractivity contribution in [2.45, 2.75) is 141 Å². The number of esters is 1. The summed E-state index contributed by atoms with van der Waals surface area (Å²) >= 11 is 0. The first-order valence-electron chi connectivity index (χ1n) is 27.9. The Hall–Kier alpha value is -7.64. The number of nitrogens with one attached hydrogen (secondary N) is 3. The van der Waals surface area contributed by atoms with E-state index in [1.165, 1.54) is 24.4 Å². The fourth-order valence-corrected chi connectivity index (χ4v) is 13.6. The van der Waals surface area contributed by atoms with Crippen LogP contribution < -0.4 is 20.8 Å². The number of carbonyl (C=O) groups excluding carboxylic acids is 2. The van der Waals surface area contributed by atoms with Crippen LogP contribution in [0.1, 0.15) is 86.1 Å². The minimum Gasteiger partial charge on any atom is -0.507 e. The molecule has 1 aliphatic carbocycles. The summed E-state index contributed by atoms with van der Waals surface area (Å²) < 4.78 is 32.5. The van der Waals surface area contributed by atoms with Crippen molar-refractivity contribution < 1.29 is 109 Å². The van der Waals surface area contributed by atoms with Crippen molar-refractivity contribution in [3.8, 4) is 58.0 Å². The third kappa shape index (κ3) is 8.54. The molecule has 4 aromatic rings. The van der Waals surface area contributed by atoms with E-state index in [9.17, 15) is 85.9 Å². The number of Topliss-reactive ketones (excluding diaryl/α,β-unsaturated/α-hetero) is 1. The summed E-state index contributed by atoms with van der Waals surface area (Å²) in [7, 11) is 0. The first-order valence-corrected chi connectivity index (χ1v) is 27.9. The number of ketones is 1. The average molecular weight is 1190 g/mol. The van der Waals surface area contributed by atoms with E-state index >= 15 is 4.79 Å². The van der Waals surface area contributed by atoms with E-state index in [0.717, 1.165) is 23.8 Å². The fourth-order valence-electron chi connectivity index (χ4n) is 13.6. The largest absolute Gasteiger partial charge is 0.507 e. The predicted molar refractivity (Wildman–Crippen MR) is 290 cm³/mol. The molecule has 86 heavy (non-hydrogen) atoms. The van der Waals surface area contributed by atoms with Gasteiger partial charge in [-0.25, -0.2) is 9.59 Å². The minimum absolute atomic E-state index is 0.00177. The number of benzene rings is 2. The fraction of sp³-hybridized carbons (Fsp3) is 0.467. The first-order chi connectivity index (χ1) is 40.8. The number of hydrogen-bond donors (Lipinski definition) is 17. The number of carboxylic acids is 1. The maximum atomic E-state index is 16.2. The number of phenolic OH excluding ortho intramolecular Hbond substituents is 3. The van der Waals surface area contributed by atoms with Gasteiger partial charge >= 0.3 is 11.9 Å². The predicted octanol–water partition coefficient (Wildman–Crippen LogP) is -1.32. The van der Waals surface area contributed by atoms with Crippen LogP contribution in [-0.4, -0.2) is 185 Å². The van der Waals surface area contributed by atoms with Crippen LogP contribution in [0.5, 0.6) is 23.0 Å². The second kappa shape index (κ2) is 20.8. The molecule has 6 bridgehead atoms. The number of aliphatic hydroxyl groups excluding tert-OH is 7. The van der Waals surface area contributed by atoms with Crippen LogP contribution in [0.4, 0.5) is 0 Å². The number of dihydropyridines is 1. The summed E-state index contributed by atoms with van der Waals surface area (Å²) in [6.45, 7) is 1.10. The van der Waals surface area contributed by atoms with E-state index in [4.69, 9.17) is 23.4 Å². The van der Waals surface area contributed by atoms with E-state index in [1.807, 2.05) is 18.9 Å². The Labute approximate surface area is 486 Å². The van der Waals surface area contributed by atoms with Gasteiger partial charge in [0.05, 0.1) is 12.6 Å². The lowest BCUT2D eigenvalue weighted by molar-refractivity contribution is -0.434. The normalized spacial score (nSPS) is 36.2. The Bertz CT molecular complexity index is 3830. The smallest absolute Gasteiger partial charge is 0.354 e. The van der Waals surface area contributed by atoms with E-state index in [0.29, 0.717) is 18.5 Å². The number of piperidine rings is 1. The number of fused-ring (bicyclic) bond motifs is 7. The van der Waals surface area contributed by atoms with Gasteiger partial charge in [0, 0.05) is 102 Å². The zero-order valence-corrected chi connectivity index (χ0v) is 45.7. The number of H-pyrrole nitrogens is 1. The molecule has 0 amide bonds. The highest BCUT2D eigenvalue weighted by Crippen LogP contribution is 2.60. The van der Waals surface area contributed by atoms with Gasteiger partial charge in [-0.05, 0) is 79.3 Å². The third-order valence-corrected chi connectivity index (χ3v) is 18.3. The van der Waals surface area contributed by atoms with Gasteiger partial charge in [-0.15, -0.1) is 0 Å². The highest BCUT2D eigenvalue weighted by Gasteiger charge is 2.78. The van der Waals surface area contributed by atoms with Gasteiger partial charge in [0.25, 0.3) is 11.4 Å². The molecule has 13 rings (SSSR count). The Balaban J connectivity index is 1.20. The van der Waals surface area contributed by atoms with Gasteiger partial charge in [0.15, 0.2) is 34.9 Å². The molecule has 26 nitrogen and oxygen atoms in total. The van der Waals surface area contributed by atoms with E-state index in [1.54, 1.807) is 6.20 Å². The lowest BCUT2D eigenvalue weighted by Gasteiger charge is -2.59. The molecule has 2 aromatic carbocycles. The molecule has 9 aliphatic rings. The molecule has 0 saturated carbocycles. The first kappa shape index (κ1) is 58.7. The lowest BCUT2D eigenvalue weighted by atomic mass is 9.66. The number of aromatic hydroxyl groups is 3. The van der Waals surface area contributed by atoms with Crippen LogP contribution in [0, 0.1) is 35.5 Å². The van der Waals surface area contributed by atoms with Crippen LogP contribution in [0.3, 0.4) is 0 Å². The Morgan fingerprint density at radius 2 is 1.65 bits per heavy atom. The van der Waals surface area contributed by atoms with Crippen molar-refractivity contribution in [3.63, 3.8) is 0 Å². The molecule has 15 atom stereocenters. The summed E-state index contributed by atoms with van der Waals surface area (Å²) in [6.07, 6.45) is -12.4. The molecule has 26 heteroatoms. The summed E-state index contributed by atoms with van der Waals surface area (Å²) in [4.78, 5) is 62.0. The molecule has 10 heterocycles. The molecular formula is C60H61N3O23. The summed E-state index contributed by atoms with van der Waals surface area (Å²) in [6, 6.07) is 6.03. The number of hydrogen-bond acceptors (Lipinski definition) is 24. The number of rotatable bonds is 6. The maximum Gasteiger partial charge on any atom is 0.354 e. The Morgan fingerprint density at radius 3 is 2.40 bits per heavy atom. The number of aliphatic carboxylic acids is 1. The zero-order valence-electron chi connectivity index (χ0n) is 45.7. The monoisotopic (exact) mass is 1190 g/mol. The highest BCUT2D eigenvalue weighted by atomic mass is 16.8. The van der Waals surface area contributed by atoms with Crippen LogP contribution >= 0.6 is 0 Å². The molecule has 454 valence electrons. The number of ether oxygens (including phenoxy) is 4. The number of phenols is 3. The zero-order chi connectivity index (χ0) is 61.4. The van der Waals surface area contributed by atoms with Gasteiger partial charge in [0.1, 0.15) is 52.1 Å². The van der Waals surface area contributed by atoms with E-state index in [-0.39, 0.29) is 58.0 Å². The topological polar surface area (TPSA) is 441 Å². The van der Waals surface area contributed by atoms with Crippen molar-refractivity contribution in [2.24, 2.45) is 11.8 Å². The van der Waals surface area contributed by atoms with Crippen molar-refractivity contribution in [1.82, 2.24) is 15.6 Å². The van der Waals surface area contributed by atoms with Crippen LogP contribution in [0.25, 0.3) is 22.3 Å². The summed E-state index contributed by atoms with van der Waals surface area (Å²) in [5.74, 6) is -13.4. The van der Waals surface area contributed by atoms with Crippen LogP contribution in [0.15, 0.2) is 80.8 Å². The quantitative estimate of drug-likeness (QED) is 0.0350. The standard InChI is InChI=1S/C60H61N3O23/c1-26-7-13-62-52-33(26)18-31(24-63-52)34-20-35-32-5-6-36(66)37(67)16-27(25-65)23-58-49(73)51(75)60(80,81)56(85-58,53(76)77)11-3-12-57(54(78)84-58)55(79,10-2-4-28-8-14-61-45(28)32)48(72)50(74)59(35,86-57)83-42-22-41-44(47(71)43(34)42)38(68)21-40(82-41)30-17-29(9-15-64)46(70)39(69)19-30/h8,14,17-22,24,26-27,32,34,36,48-52,61-66,69-75,79-81H,5-7,9-10,12-13,15-16,23,25H2,1H3,(H,76,77)/t26-,27+,32+,34-,36+,48+,49+,50+,51+,52?,55-,56+,57+,58-,59-/m0/s1. The van der Waals surface area contributed by atoms with Gasteiger partial charge in [-0.3, -0.25) is 14.9 Å². The number of carbonyl (C=O) groups is 3. The Kier molecular flexibility index (Phi) is 14.2. The third-order valence-electron chi connectivity index (χ3n) is 18.3. The molecule has 4 saturated heterocycles. The van der Waals surface area contributed by atoms with Crippen LogP contribution in [0.2, 0.25) is 0 Å². The molecular weight excluding hydrogens is 1130 g/mol. The highest BCUT2D eigenvalue weighted by molar-refractivity contribution is 5.90. The molecule has 0 radical (unpaired) electrons. The summed E-state index contributed by atoms with van der Waals surface area (Å²) in [5.41, 5.74) is -11.0. The van der Waals surface area contributed by atoms with Crippen molar-refractivity contribution in [2.75, 3.05) is 19.8 Å². The van der Waals surface area contributed by atoms with E-state index in [2.05, 4.69) is 33.4 Å². The molecule has 4 fully saturated rings. The van der Waals surface area contributed by atoms with E-state index < -0.39 is 191 Å². The number of carboxylic acid groups (broad SMARTS) is 1. The van der Waals surface area contributed by atoms with Crippen molar-refractivity contribution in [3.05, 3.63) is 104 Å². The molecule has 8 aliphatic heterocycles. The summed E-state index contributed by atoms with van der Waals surface area (Å²) in [5, 5.41) is 171. The number of aromatic nitrogens is 1. The lowest BCUT2D eigenvalue weighted by Crippen LogP contribution is -2.81. The van der Waals surface area contributed by atoms with Crippen LogP contribution in [-0.2, 0) is 35.0 Å². The molecule has 3 spiro atoms. The van der Waals surface area contributed by atoms with Crippen molar-refractivity contribution in [1.29, 1.82) is 0 Å². The van der Waals surface area contributed by atoms with Gasteiger partial charge in [0.2, 0.25) is 17.2 Å². The van der Waals surface area contributed by atoms with Gasteiger partial charge < -0.3 is 105 Å². The average Bonchev–Trinajstić information content (AvgIpc) is 1.24. The van der Waals surface area contributed by atoms with Gasteiger partial charge in [-0.1, -0.05) is 36.8 Å². The SMILES string of the molecule is C[C@H]1CCNC2NC=C([C@@H]3C=C4[C@H]5CC[C@@H](O)C(=O)C[C@@H](CO)C[C@]67OC(=O)[C@@]8(CC#C[C@](C(=O)O)(O6)C(O)(O)[C@H](O)[C@H]7O)O[C@]4(Oc4cc6oc(-c7cc(O)c(O)c(CCO)c7)cc(=O)c6c(O)c43)[C@H](O)[C@@H](O)[C@@]8(O)CC#Cc3cc[nH]c35)C=C21. The molecule has 2 aromatic heterocycles. The maximum absolute atomic E-state index is 16.2.